The second kappa shape index (κ2) is 9.71. The van der Waals surface area contributed by atoms with Gasteiger partial charge in [-0.05, 0) is 18.4 Å². The maximum atomic E-state index is 11.9. The third kappa shape index (κ3) is 6.22. The Labute approximate surface area is 133 Å². The van der Waals surface area contributed by atoms with E-state index in [9.17, 15) is 4.79 Å². The van der Waals surface area contributed by atoms with E-state index in [4.69, 9.17) is 0 Å². The fourth-order valence-corrected chi connectivity index (χ4v) is 2.58. The van der Waals surface area contributed by atoms with Crippen LogP contribution in [0.3, 0.4) is 0 Å². The van der Waals surface area contributed by atoms with Crippen LogP contribution in [0.25, 0.3) is 0 Å². The molecule has 1 rings (SSSR count). The average Bonchev–Trinajstić information content (AvgIpc) is 2.46. The Morgan fingerprint density at radius 3 is 2.32 bits per heavy atom. The van der Waals surface area contributed by atoms with Gasteiger partial charge in [-0.2, -0.15) is 0 Å². The molecule has 106 valence electrons. The highest BCUT2D eigenvalue weighted by Crippen LogP contribution is 2.15. The van der Waals surface area contributed by atoms with Crippen molar-refractivity contribution in [2.75, 3.05) is 5.33 Å². The van der Waals surface area contributed by atoms with Crippen LogP contribution in [0.2, 0.25) is 0 Å². The number of carbonyl (C=O) groups is 1. The topological polar surface area (TPSA) is 17.1 Å². The first-order valence-corrected chi connectivity index (χ1v) is 9.06. The van der Waals surface area contributed by atoms with E-state index in [1.165, 1.54) is 37.7 Å². The lowest BCUT2D eigenvalue weighted by Gasteiger charge is -2.06. The minimum atomic E-state index is -0.132. The van der Waals surface area contributed by atoms with Gasteiger partial charge in [0.15, 0.2) is 5.78 Å². The zero-order valence-electron chi connectivity index (χ0n) is 11.5. The lowest BCUT2D eigenvalue weighted by Crippen LogP contribution is -2.15. The molecule has 0 amide bonds. The summed E-state index contributed by atoms with van der Waals surface area (Å²) in [5, 5.41) is 0.644. The fraction of sp³-hybridized carbons (Fsp3) is 0.562. The monoisotopic (exact) mass is 388 g/mol. The molecule has 19 heavy (non-hydrogen) atoms. The van der Waals surface area contributed by atoms with Crippen LogP contribution in [0.15, 0.2) is 24.3 Å². The molecule has 1 unspecified atom stereocenters. The molecule has 1 aromatic carbocycles. The first kappa shape index (κ1) is 16.9. The number of aryl methyl sites for hydroxylation is 1. The van der Waals surface area contributed by atoms with Crippen molar-refractivity contribution in [2.24, 2.45) is 0 Å². The summed E-state index contributed by atoms with van der Waals surface area (Å²) in [7, 11) is 0. The van der Waals surface area contributed by atoms with Gasteiger partial charge in [0.05, 0.1) is 4.83 Å². The van der Waals surface area contributed by atoms with Gasteiger partial charge in [0.2, 0.25) is 0 Å². The molecular weight excluding hydrogens is 368 g/mol. The molecule has 0 aliphatic heterocycles. The minimum absolute atomic E-state index is 0.132. The van der Waals surface area contributed by atoms with Crippen LogP contribution in [0.5, 0.6) is 0 Å². The van der Waals surface area contributed by atoms with Crippen LogP contribution in [0.1, 0.15) is 54.9 Å². The largest absolute Gasteiger partial charge is 0.293 e. The van der Waals surface area contributed by atoms with Crippen molar-refractivity contribution in [3.05, 3.63) is 35.4 Å². The number of hydrogen-bond acceptors (Lipinski definition) is 1. The molecule has 1 aromatic rings. The Morgan fingerprint density at radius 1 is 1.11 bits per heavy atom. The zero-order valence-corrected chi connectivity index (χ0v) is 14.7. The number of alkyl halides is 2. The van der Waals surface area contributed by atoms with Crippen molar-refractivity contribution in [1.82, 2.24) is 0 Å². The van der Waals surface area contributed by atoms with Crippen molar-refractivity contribution >= 4 is 37.6 Å². The molecule has 0 bridgehead atoms. The first-order chi connectivity index (χ1) is 9.19. The number of hydrogen-bond donors (Lipinski definition) is 0. The highest BCUT2D eigenvalue weighted by atomic mass is 79.9. The molecule has 0 aliphatic carbocycles. The van der Waals surface area contributed by atoms with Crippen molar-refractivity contribution in [3.8, 4) is 0 Å². The van der Waals surface area contributed by atoms with E-state index in [-0.39, 0.29) is 10.6 Å². The SMILES string of the molecule is CCCCCCCc1ccc(C(=O)C(Br)CBr)cc1. The predicted octanol–water partition coefficient (Wildman–Crippen LogP) is 5.54. The summed E-state index contributed by atoms with van der Waals surface area (Å²) in [6.07, 6.45) is 7.64. The maximum absolute atomic E-state index is 11.9. The molecule has 0 saturated heterocycles. The molecule has 0 spiro atoms. The van der Waals surface area contributed by atoms with Crippen molar-refractivity contribution < 1.29 is 4.79 Å². The van der Waals surface area contributed by atoms with Gasteiger partial charge in [0.1, 0.15) is 0 Å². The second-order valence-electron chi connectivity index (χ2n) is 4.85. The van der Waals surface area contributed by atoms with Gasteiger partial charge in [-0.25, -0.2) is 0 Å². The van der Waals surface area contributed by atoms with E-state index in [1.54, 1.807) is 0 Å². The smallest absolute Gasteiger partial charge is 0.177 e. The molecule has 0 saturated carbocycles. The molecule has 0 heterocycles. The predicted molar refractivity (Wildman–Crippen MR) is 89.7 cm³/mol. The number of rotatable bonds is 9. The summed E-state index contributed by atoms with van der Waals surface area (Å²) in [4.78, 5) is 11.8. The van der Waals surface area contributed by atoms with E-state index in [2.05, 4.69) is 50.9 Å². The Morgan fingerprint density at radius 2 is 1.74 bits per heavy atom. The lowest BCUT2D eigenvalue weighted by atomic mass is 10.0. The van der Waals surface area contributed by atoms with E-state index < -0.39 is 0 Å². The van der Waals surface area contributed by atoms with Gasteiger partial charge in [-0.3, -0.25) is 4.79 Å². The van der Waals surface area contributed by atoms with Gasteiger partial charge >= 0.3 is 0 Å². The molecule has 0 N–H and O–H groups in total. The van der Waals surface area contributed by atoms with Gasteiger partial charge in [0, 0.05) is 10.9 Å². The third-order valence-corrected chi connectivity index (χ3v) is 5.48. The van der Waals surface area contributed by atoms with E-state index in [0.29, 0.717) is 5.33 Å². The minimum Gasteiger partial charge on any atom is -0.293 e. The Bertz CT molecular complexity index is 373. The zero-order chi connectivity index (χ0) is 14.1. The molecule has 0 aliphatic rings. The number of carbonyl (C=O) groups excluding carboxylic acids is 1. The van der Waals surface area contributed by atoms with Crippen LogP contribution in [-0.2, 0) is 6.42 Å². The third-order valence-electron chi connectivity index (χ3n) is 3.23. The molecular formula is C16H22Br2O. The number of unbranched alkanes of at least 4 members (excludes halogenated alkanes) is 4. The van der Waals surface area contributed by atoms with Gasteiger partial charge in [-0.1, -0.05) is 88.7 Å². The van der Waals surface area contributed by atoms with Crippen molar-refractivity contribution in [2.45, 2.75) is 50.3 Å². The van der Waals surface area contributed by atoms with Crippen LogP contribution in [-0.4, -0.2) is 15.9 Å². The normalized spacial score (nSPS) is 12.4. The summed E-state index contributed by atoms with van der Waals surface area (Å²) in [5.74, 6) is 0.145. The van der Waals surface area contributed by atoms with Crippen molar-refractivity contribution in [1.29, 1.82) is 0 Å². The molecule has 3 heteroatoms. The molecule has 0 fully saturated rings. The highest BCUT2D eigenvalue weighted by Gasteiger charge is 2.14. The number of ketones is 1. The Hall–Kier alpha value is -0.150. The fourth-order valence-electron chi connectivity index (χ4n) is 2.02. The quantitative estimate of drug-likeness (QED) is 0.307. The van der Waals surface area contributed by atoms with E-state index in [1.807, 2.05) is 12.1 Å². The Balaban J connectivity index is 2.41. The number of Topliss-reactive ketones (excluding diaryl/α,β-unsaturated/α-hetero) is 1. The highest BCUT2D eigenvalue weighted by molar-refractivity contribution is 9.12. The average molecular weight is 390 g/mol. The van der Waals surface area contributed by atoms with Gasteiger partial charge in [0.25, 0.3) is 0 Å². The molecule has 1 nitrogen and oxygen atoms in total. The lowest BCUT2D eigenvalue weighted by molar-refractivity contribution is 0.0997. The number of halogens is 2. The van der Waals surface area contributed by atoms with Crippen LogP contribution in [0.4, 0.5) is 0 Å². The summed E-state index contributed by atoms with van der Waals surface area (Å²) < 4.78 is 0. The van der Waals surface area contributed by atoms with E-state index in [0.717, 1.165) is 12.0 Å². The Kier molecular flexibility index (Phi) is 8.64. The summed E-state index contributed by atoms with van der Waals surface area (Å²) in [6, 6.07) is 8.06. The van der Waals surface area contributed by atoms with Gasteiger partial charge < -0.3 is 0 Å². The van der Waals surface area contributed by atoms with E-state index >= 15 is 0 Å². The van der Waals surface area contributed by atoms with Crippen LogP contribution in [0, 0.1) is 0 Å². The van der Waals surface area contributed by atoms with Gasteiger partial charge in [-0.15, -0.1) is 0 Å². The molecule has 0 aromatic heterocycles. The summed E-state index contributed by atoms with van der Waals surface area (Å²) in [5.41, 5.74) is 2.12. The molecule has 1 atom stereocenters. The maximum Gasteiger partial charge on any atom is 0.177 e. The standard InChI is InChI=1S/C16H22Br2O/c1-2-3-4-5-6-7-13-8-10-14(11-9-13)16(19)15(18)12-17/h8-11,15H,2-7,12H2,1H3. The van der Waals surface area contributed by atoms with Crippen LogP contribution >= 0.6 is 31.9 Å². The first-order valence-electron chi connectivity index (χ1n) is 7.02. The number of benzene rings is 1. The van der Waals surface area contributed by atoms with Crippen molar-refractivity contribution in [3.63, 3.8) is 0 Å². The van der Waals surface area contributed by atoms with Crippen LogP contribution < -0.4 is 0 Å². The summed E-state index contributed by atoms with van der Waals surface area (Å²) in [6.45, 7) is 2.24. The summed E-state index contributed by atoms with van der Waals surface area (Å²) >= 11 is 6.68. The molecule has 0 radical (unpaired) electrons. The second-order valence-corrected chi connectivity index (χ2v) is 6.60.